The van der Waals surface area contributed by atoms with Gasteiger partial charge in [0.15, 0.2) is 5.75 Å². The Morgan fingerprint density at radius 2 is 2.55 bits per heavy atom. The van der Waals surface area contributed by atoms with Gasteiger partial charge in [-0.2, -0.15) is 5.10 Å². The molecule has 1 atom stereocenters. The van der Waals surface area contributed by atoms with Crippen LogP contribution in [0.5, 0.6) is 5.75 Å². The van der Waals surface area contributed by atoms with Gasteiger partial charge in [-0.25, -0.2) is 0 Å². The second-order valence-corrected chi connectivity index (χ2v) is 2.51. The van der Waals surface area contributed by atoms with E-state index in [-0.39, 0.29) is 0 Å². The molecule has 0 radical (unpaired) electrons. The Kier molecular flexibility index (Phi) is 2.48. The topological polar surface area (TPSA) is 47.3 Å². The monoisotopic (exact) mass is 156 g/mol. The lowest BCUT2D eigenvalue weighted by atomic mass is 10.4. The van der Waals surface area contributed by atoms with E-state index in [9.17, 15) is 0 Å². The first-order valence-electron chi connectivity index (χ1n) is 3.48. The third-order valence-corrected chi connectivity index (χ3v) is 1.17. The van der Waals surface area contributed by atoms with Gasteiger partial charge < -0.3 is 9.84 Å². The summed E-state index contributed by atoms with van der Waals surface area (Å²) in [6.07, 6.45) is 2.93. The van der Waals surface area contributed by atoms with Crippen LogP contribution in [0.15, 0.2) is 12.4 Å². The van der Waals surface area contributed by atoms with Gasteiger partial charge in [-0.15, -0.1) is 0 Å². The van der Waals surface area contributed by atoms with Crippen molar-refractivity contribution in [3.8, 4) is 5.75 Å². The summed E-state index contributed by atoms with van der Waals surface area (Å²) in [5.41, 5.74) is 0. The van der Waals surface area contributed by atoms with Crippen LogP contribution in [0.4, 0.5) is 0 Å². The van der Waals surface area contributed by atoms with E-state index < -0.39 is 6.10 Å². The minimum absolute atomic E-state index is 0.311. The fraction of sp³-hybridized carbons (Fsp3) is 0.571. The molecule has 1 rings (SSSR count). The van der Waals surface area contributed by atoms with E-state index in [1.165, 1.54) is 0 Å². The third-order valence-electron chi connectivity index (χ3n) is 1.17. The van der Waals surface area contributed by atoms with Crippen LogP contribution in [0, 0.1) is 0 Å². The van der Waals surface area contributed by atoms with Gasteiger partial charge >= 0.3 is 0 Å². The molecule has 0 aliphatic carbocycles. The van der Waals surface area contributed by atoms with E-state index in [2.05, 4.69) is 5.10 Å². The van der Waals surface area contributed by atoms with E-state index in [1.807, 2.05) is 7.05 Å². The summed E-state index contributed by atoms with van der Waals surface area (Å²) < 4.78 is 6.81. The molecule has 1 heterocycles. The van der Waals surface area contributed by atoms with Gasteiger partial charge in [0.1, 0.15) is 6.61 Å². The molecule has 0 saturated carbocycles. The highest BCUT2D eigenvalue weighted by Crippen LogP contribution is 2.06. The number of aliphatic hydroxyl groups excluding tert-OH is 1. The number of aryl methyl sites for hydroxylation is 1. The highest BCUT2D eigenvalue weighted by atomic mass is 16.5. The lowest BCUT2D eigenvalue weighted by molar-refractivity contribution is 0.122. The second kappa shape index (κ2) is 3.39. The van der Waals surface area contributed by atoms with Crippen LogP contribution in [-0.4, -0.2) is 27.6 Å². The molecule has 0 amide bonds. The lowest BCUT2D eigenvalue weighted by Gasteiger charge is -2.03. The Balaban J connectivity index is 2.39. The molecule has 0 aliphatic heterocycles. The molecule has 0 aliphatic rings. The van der Waals surface area contributed by atoms with E-state index in [0.29, 0.717) is 12.4 Å². The molecule has 62 valence electrons. The first kappa shape index (κ1) is 8.07. The predicted molar refractivity (Wildman–Crippen MR) is 40.4 cm³/mol. The minimum Gasteiger partial charge on any atom is -0.488 e. The molecule has 4 heteroatoms. The van der Waals surface area contributed by atoms with Crippen molar-refractivity contribution in [3.05, 3.63) is 12.4 Å². The smallest absolute Gasteiger partial charge is 0.157 e. The Morgan fingerprint density at radius 3 is 3.00 bits per heavy atom. The van der Waals surface area contributed by atoms with E-state index in [1.54, 1.807) is 24.0 Å². The number of nitrogens with zero attached hydrogens (tertiary/aromatic N) is 2. The Hall–Kier alpha value is -1.03. The van der Waals surface area contributed by atoms with E-state index in [0.717, 1.165) is 0 Å². The molecule has 1 N–H and O–H groups in total. The number of hydrogen-bond donors (Lipinski definition) is 1. The first-order chi connectivity index (χ1) is 5.18. The average Bonchev–Trinajstić information content (AvgIpc) is 2.31. The molecule has 0 saturated heterocycles. The van der Waals surface area contributed by atoms with Crippen LogP contribution in [0.3, 0.4) is 0 Å². The molecule has 11 heavy (non-hydrogen) atoms. The number of rotatable bonds is 3. The summed E-state index contributed by atoms with van der Waals surface area (Å²) in [4.78, 5) is 0. The van der Waals surface area contributed by atoms with E-state index in [4.69, 9.17) is 9.84 Å². The summed E-state index contributed by atoms with van der Waals surface area (Å²) in [7, 11) is 1.81. The molecule has 1 aromatic heterocycles. The molecular weight excluding hydrogens is 144 g/mol. The molecule has 0 bridgehead atoms. The van der Waals surface area contributed by atoms with Crippen molar-refractivity contribution in [1.82, 2.24) is 9.78 Å². The van der Waals surface area contributed by atoms with Gasteiger partial charge in [-0.1, -0.05) is 0 Å². The van der Waals surface area contributed by atoms with Gasteiger partial charge in [0.25, 0.3) is 0 Å². The number of ether oxygens (including phenoxy) is 1. The summed E-state index contributed by atoms with van der Waals surface area (Å²) >= 11 is 0. The summed E-state index contributed by atoms with van der Waals surface area (Å²) in [6, 6.07) is 0. The van der Waals surface area contributed by atoms with Crippen molar-refractivity contribution in [3.63, 3.8) is 0 Å². The molecule has 0 spiro atoms. The van der Waals surface area contributed by atoms with Crippen LogP contribution < -0.4 is 4.74 Å². The molecular formula is C7H12N2O2. The van der Waals surface area contributed by atoms with Crippen molar-refractivity contribution in [1.29, 1.82) is 0 Å². The lowest BCUT2D eigenvalue weighted by Crippen LogP contribution is -2.12. The SMILES string of the molecule is CC(O)COc1cnn(C)c1. The van der Waals surface area contributed by atoms with Gasteiger partial charge in [0, 0.05) is 7.05 Å². The number of aliphatic hydroxyl groups is 1. The van der Waals surface area contributed by atoms with Crippen molar-refractivity contribution < 1.29 is 9.84 Å². The maximum absolute atomic E-state index is 8.87. The van der Waals surface area contributed by atoms with Crippen LogP contribution in [-0.2, 0) is 7.05 Å². The number of hydrogen-bond acceptors (Lipinski definition) is 3. The maximum Gasteiger partial charge on any atom is 0.157 e. The number of aromatic nitrogens is 2. The summed E-state index contributed by atoms with van der Waals surface area (Å²) in [5.74, 6) is 0.688. The fourth-order valence-corrected chi connectivity index (χ4v) is 0.690. The Bertz CT molecular complexity index is 220. The fourth-order valence-electron chi connectivity index (χ4n) is 0.690. The summed E-state index contributed by atoms with van der Waals surface area (Å²) in [6.45, 7) is 1.99. The first-order valence-corrected chi connectivity index (χ1v) is 3.48. The minimum atomic E-state index is -0.435. The second-order valence-electron chi connectivity index (χ2n) is 2.51. The Morgan fingerprint density at radius 1 is 1.82 bits per heavy atom. The largest absolute Gasteiger partial charge is 0.488 e. The molecule has 4 nitrogen and oxygen atoms in total. The van der Waals surface area contributed by atoms with Crippen molar-refractivity contribution in [2.24, 2.45) is 7.05 Å². The molecule has 1 aromatic rings. The van der Waals surface area contributed by atoms with Gasteiger partial charge in [0.05, 0.1) is 18.5 Å². The van der Waals surface area contributed by atoms with Crippen molar-refractivity contribution in [2.45, 2.75) is 13.0 Å². The quantitative estimate of drug-likeness (QED) is 0.679. The van der Waals surface area contributed by atoms with E-state index >= 15 is 0 Å². The average molecular weight is 156 g/mol. The highest BCUT2D eigenvalue weighted by Gasteiger charge is 1.98. The molecule has 0 fully saturated rings. The van der Waals surface area contributed by atoms with Crippen molar-refractivity contribution in [2.75, 3.05) is 6.61 Å². The predicted octanol–water partition coefficient (Wildman–Crippen LogP) is 0.180. The standard InChI is InChI=1S/C7H12N2O2/c1-6(10)5-11-7-3-8-9(2)4-7/h3-4,6,10H,5H2,1-2H3. The van der Waals surface area contributed by atoms with Crippen molar-refractivity contribution >= 4 is 0 Å². The van der Waals surface area contributed by atoms with Gasteiger partial charge in [-0.05, 0) is 6.92 Å². The third kappa shape index (κ3) is 2.59. The van der Waals surface area contributed by atoms with Gasteiger partial charge in [-0.3, -0.25) is 4.68 Å². The van der Waals surface area contributed by atoms with Crippen LogP contribution >= 0.6 is 0 Å². The Labute approximate surface area is 65.4 Å². The van der Waals surface area contributed by atoms with Crippen LogP contribution in [0.1, 0.15) is 6.92 Å². The maximum atomic E-state index is 8.87. The summed E-state index contributed by atoms with van der Waals surface area (Å²) in [5, 5.41) is 12.8. The van der Waals surface area contributed by atoms with Crippen LogP contribution in [0.2, 0.25) is 0 Å². The normalized spacial score (nSPS) is 13.0. The molecule has 0 aromatic carbocycles. The van der Waals surface area contributed by atoms with Gasteiger partial charge in [0.2, 0.25) is 0 Å². The van der Waals surface area contributed by atoms with Crippen LogP contribution in [0.25, 0.3) is 0 Å². The molecule has 1 unspecified atom stereocenters. The highest BCUT2D eigenvalue weighted by molar-refractivity contribution is 5.11. The zero-order chi connectivity index (χ0) is 8.27. The zero-order valence-corrected chi connectivity index (χ0v) is 6.69. The zero-order valence-electron chi connectivity index (χ0n) is 6.69.